The summed E-state index contributed by atoms with van der Waals surface area (Å²) in [6.07, 6.45) is 0.713. The van der Waals surface area contributed by atoms with Crippen molar-refractivity contribution in [1.29, 1.82) is 0 Å². The molecule has 0 spiro atoms. The second-order valence-corrected chi connectivity index (χ2v) is 10.2. The summed E-state index contributed by atoms with van der Waals surface area (Å²) in [4.78, 5) is 25.7. The third-order valence-electron chi connectivity index (χ3n) is 5.67. The number of carbonyl (C=O) groups excluding carboxylic acids is 1. The highest BCUT2D eigenvalue weighted by molar-refractivity contribution is 7.92. The van der Waals surface area contributed by atoms with Crippen LogP contribution in [0.4, 0.5) is 5.69 Å². The molecule has 0 aliphatic rings. The molecule has 0 aliphatic heterocycles. The molecule has 8 nitrogen and oxygen atoms in total. The van der Waals surface area contributed by atoms with Gasteiger partial charge in [-0.25, -0.2) is 13.1 Å². The van der Waals surface area contributed by atoms with Gasteiger partial charge in [-0.1, -0.05) is 36.7 Å². The molecule has 1 atom stereocenters. The zero-order valence-electron chi connectivity index (χ0n) is 19.2. The number of hydrogen-bond donors (Lipinski definition) is 1. The summed E-state index contributed by atoms with van der Waals surface area (Å²) in [7, 11) is -1.15. The van der Waals surface area contributed by atoms with Gasteiger partial charge in [-0.15, -0.1) is 0 Å². The number of hydrogen-bond acceptors (Lipinski definition) is 4. The highest BCUT2D eigenvalue weighted by Crippen LogP contribution is 2.27. The largest absolute Gasteiger partial charge is 0.350 e. The average Bonchev–Trinajstić information content (AvgIpc) is 3.01. The average molecular weight is 491 g/mol. The smallest absolute Gasteiger partial charge is 0.296 e. The third-order valence-corrected chi connectivity index (χ3v) is 7.75. The van der Waals surface area contributed by atoms with Crippen molar-refractivity contribution in [3.8, 4) is 5.69 Å². The van der Waals surface area contributed by atoms with Crippen molar-refractivity contribution in [2.24, 2.45) is 7.05 Å². The van der Waals surface area contributed by atoms with Gasteiger partial charge < -0.3 is 5.32 Å². The maximum atomic E-state index is 13.5. The molecule has 1 aromatic heterocycles. The van der Waals surface area contributed by atoms with Crippen molar-refractivity contribution in [2.75, 3.05) is 11.4 Å². The third kappa shape index (κ3) is 4.56. The SMILES string of the molecule is CCC(C)NC(=O)c1cc(S(=O)(=O)N(C)c2c(C)n(C)n(-c3ccccc3)c2=O)ccc1Cl. The minimum Gasteiger partial charge on any atom is -0.350 e. The number of carbonyl (C=O) groups is 1. The molecule has 1 unspecified atom stereocenters. The van der Waals surface area contributed by atoms with E-state index in [-0.39, 0.29) is 27.2 Å². The van der Waals surface area contributed by atoms with E-state index in [4.69, 9.17) is 11.6 Å². The maximum absolute atomic E-state index is 13.5. The van der Waals surface area contributed by atoms with Crippen LogP contribution >= 0.6 is 11.6 Å². The number of para-hydroxylation sites is 1. The van der Waals surface area contributed by atoms with Crippen LogP contribution in [0.25, 0.3) is 5.69 Å². The fourth-order valence-corrected chi connectivity index (χ4v) is 4.91. The summed E-state index contributed by atoms with van der Waals surface area (Å²) < 4.78 is 30.9. The number of nitrogens with one attached hydrogen (secondary N) is 1. The van der Waals surface area contributed by atoms with Crippen LogP contribution in [-0.2, 0) is 17.1 Å². The van der Waals surface area contributed by atoms with Gasteiger partial charge in [0.15, 0.2) is 0 Å². The molecule has 33 heavy (non-hydrogen) atoms. The molecule has 1 N–H and O–H groups in total. The Hall–Kier alpha value is -3.04. The van der Waals surface area contributed by atoms with Crippen molar-refractivity contribution >= 4 is 33.2 Å². The number of sulfonamides is 1. The van der Waals surface area contributed by atoms with E-state index in [1.807, 2.05) is 19.9 Å². The first-order valence-corrected chi connectivity index (χ1v) is 12.3. The Morgan fingerprint density at radius 1 is 1.18 bits per heavy atom. The van der Waals surface area contributed by atoms with Gasteiger partial charge in [0.1, 0.15) is 5.69 Å². The van der Waals surface area contributed by atoms with Gasteiger partial charge in [0.25, 0.3) is 21.5 Å². The molecule has 0 fully saturated rings. The van der Waals surface area contributed by atoms with E-state index in [9.17, 15) is 18.0 Å². The van der Waals surface area contributed by atoms with E-state index in [2.05, 4.69) is 5.32 Å². The van der Waals surface area contributed by atoms with Crippen LogP contribution in [0.2, 0.25) is 5.02 Å². The van der Waals surface area contributed by atoms with E-state index >= 15 is 0 Å². The van der Waals surface area contributed by atoms with Gasteiger partial charge in [-0.3, -0.25) is 18.6 Å². The molecule has 3 rings (SSSR count). The van der Waals surface area contributed by atoms with E-state index in [1.54, 1.807) is 42.9 Å². The molecule has 0 bridgehead atoms. The first-order valence-electron chi connectivity index (χ1n) is 10.4. The lowest BCUT2D eigenvalue weighted by Crippen LogP contribution is -2.33. The standard InChI is InChI=1S/C23H27ClN4O4S/c1-6-15(2)25-22(29)19-14-18(12-13-20(19)24)33(31,32)27(5)21-16(3)26(4)28(23(21)30)17-10-8-7-9-11-17/h7-15H,6H2,1-5H3,(H,25,29). The van der Waals surface area contributed by atoms with Crippen LogP contribution in [0.15, 0.2) is 58.2 Å². The number of anilines is 1. The molecule has 10 heteroatoms. The zero-order valence-corrected chi connectivity index (χ0v) is 20.7. The number of nitrogens with zero attached hydrogens (tertiary/aromatic N) is 3. The van der Waals surface area contributed by atoms with Crippen LogP contribution in [0.1, 0.15) is 36.3 Å². The summed E-state index contributed by atoms with van der Waals surface area (Å²) >= 11 is 6.18. The monoisotopic (exact) mass is 490 g/mol. The van der Waals surface area contributed by atoms with Gasteiger partial charge in [-0.2, -0.15) is 0 Å². The lowest BCUT2D eigenvalue weighted by atomic mass is 10.2. The normalized spacial score (nSPS) is 12.4. The Morgan fingerprint density at radius 2 is 1.82 bits per heavy atom. The van der Waals surface area contributed by atoms with Crippen LogP contribution in [0, 0.1) is 6.92 Å². The lowest BCUT2D eigenvalue weighted by molar-refractivity contribution is 0.0939. The van der Waals surface area contributed by atoms with Gasteiger partial charge >= 0.3 is 0 Å². The summed E-state index contributed by atoms with van der Waals surface area (Å²) in [6.45, 7) is 5.44. The Bertz CT molecular complexity index is 1350. The second kappa shape index (κ2) is 9.44. The van der Waals surface area contributed by atoms with Crippen molar-refractivity contribution in [1.82, 2.24) is 14.7 Å². The van der Waals surface area contributed by atoms with E-state index < -0.39 is 21.5 Å². The number of benzene rings is 2. The highest BCUT2D eigenvalue weighted by Gasteiger charge is 2.29. The zero-order chi connectivity index (χ0) is 24.5. The van der Waals surface area contributed by atoms with Crippen LogP contribution in [0.3, 0.4) is 0 Å². The maximum Gasteiger partial charge on any atom is 0.296 e. The van der Waals surface area contributed by atoms with E-state index in [1.165, 1.54) is 29.9 Å². The molecule has 0 saturated heterocycles. The summed E-state index contributed by atoms with van der Waals surface area (Å²) in [5, 5.41) is 2.92. The number of rotatable bonds is 7. The van der Waals surface area contributed by atoms with Crippen molar-refractivity contribution in [3.05, 3.63) is 75.2 Å². The molecule has 2 aromatic carbocycles. The second-order valence-electron chi connectivity index (χ2n) is 7.81. The lowest BCUT2D eigenvalue weighted by Gasteiger charge is -2.19. The topological polar surface area (TPSA) is 93.4 Å². The van der Waals surface area contributed by atoms with Crippen molar-refractivity contribution < 1.29 is 13.2 Å². The molecule has 0 aliphatic carbocycles. The Kier molecular flexibility index (Phi) is 7.04. The Balaban J connectivity index is 2.07. The molecule has 1 heterocycles. The van der Waals surface area contributed by atoms with Crippen LogP contribution in [0.5, 0.6) is 0 Å². The molecule has 3 aromatic rings. The van der Waals surface area contributed by atoms with Gasteiger partial charge in [-0.05, 0) is 50.6 Å². The molecular weight excluding hydrogens is 464 g/mol. The van der Waals surface area contributed by atoms with Crippen molar-refractivity contribution in [2.45, 2.75) is 38.1 Å². The fourth-order valence-electron chi connectivity index (χ4n) is 3.44. The highest BCUT2D eigenvalue weighted by atomic mass is 35.5. The minimum atomic E-state index is -4.16. The van der Waals surface area contributed by atoms with E-state index in [0.717, 1.165) is 4.31 Å². The van der Waals surface area contributed by atoms with Crippen LogP contribution in [-0.4, -0.2) is 36.8 Å². The minimum absolute atomic E-state index is 0.0157. The van der Waals surface area contributed by atoms with Gasteiger partial charge in [0.05, 0.1) is 26.9 Å². The molecule has 1 amide bonds. The Morgan fingerprint density at radius 3 is 2.42 bits per heavy atom. The van der Waals surface area contributed by atoms with Crippen LogP contribution < -0.4 is 15.2 Å². The first kappa shape index (κ1) is 24.6. The summed E-state index contributed by atoms with van der Waals surface area (Å²) in [5.41, 5.74) is 0.676. The molecule has 0 saturated carbocycles. The number of aromatic nitrogens is 2. The number of amides is 1. The molecule has 0 radical (unpaired) electrons. The van der Waals surface area contributed by atoms with Crippen molar-refractivity contribution in [3.63, 3.8) is 0 Å². The van der Waals surface area contributed by atoms with Gasteiger partial charge in [0.2, 0.25) is 0 Å². The predicted octanol–water partition coefficient (Wildman–Crippen LogP) is 3.49. The fraction of sp³-hybridized carbons (Fsp3) is 0.304. The number of halogens is 1. The molecular formula is C23H27ClN4O4S. The molecule has 176 valence electrons. The first-order chi connectivity index (χ1) is 15.5. The van der Waals surface area contributed by atoms with E-state index in [0.29, 0.717) is 17.8 Å². The summed E-state index contributed by atoms with van der Waals surface area (Å²) in [5.74, 6) is -0.462. The summed E-state index contributed by atoms with van der Waals surface area (Å²) in [6, 6.07) is 12.8. The quantitative estimate of drug-likeness (QED) is 0.548. The Labute approximate surface area is 198 Å². The predicted molar refractivity (Wildman–Crippen MR) is 130 cm³/mol. The van der Waals surface area contributed by atoms with Gasteiger partial charge in [0, 0.05) is 20.1 Å².